The summed E-state index contributed by atoms with van der Waals surface area (Å²) < 4.78 is 10.5. The number of nitrogens with zero attached hydrogens (tertiary/aromatic N) is 1. The van der Waals surface area contributed by atoms with E-state index in [0.717, 1.165) is 16.2 Å². The van der Waals surface area contributed by atoms with E-state index in [1.165, 1.54) is 0 Å². The molecule has 0 aliphatic carbocycles. The molecule has 0 saturated carbocycles. The van der Waals surface area contributed by atoms with Crippen LogP contribution in [0.2, 0.25) is 0 Å². The molecule has 118 valence electrons. The Morgan fingerprint density at radius 1 is 1.30 bits per heavy atom. The Hall–Kier alpha value is -2.60. The van der Waals surface area contributed by atoms with Crippen LogP contribution in [-0.4, -0.2) is 18.2 Å². The SMILES string of the molecule is COc1cccc(-c2cc(CNC(=O)Cc3cccs3)no2)c1. The van der Waals surface area contributed by atoms with E-state index in [2.05, 4.69) is 10.5 Å². The van der Waals surface area contributed by atoms with Gasteiger partial charge in [0.15, 0.2) is 5.76 Å². The molecule has 0 spiro atoms. The fourth-order valence-corrected chi connectivity index (χ4v) is 2.83. The fraction of sp³-hybridized carbons (Fsp3) is 0.176. The number of amides is 1. The van der Waals surface area contributed by atoms with Gasteiger partial charge in [0.05, 0.1) is 20.1 Å². The normalized spacial score (nSPS) is 10.5. The zero-order valence-corrected chi connectivity index (χ0v) is 13.4. The summed E-state index contributed by atoms with van der Waals surface area (Å²) in [5.74, 6) is 1.37. The molecule has 0 aliphatic heterocycles. The number of methoxy groups -OCH3 is 1. The van der Waals surface area contributed by atoms with Gasteiger partial charge in [-0.25, -0.2) is 0 Å². The first-order valence-corrected chi connectivity index (χ1v) is 8.01. The highest BCUT2D eigenvalue weighted by Crippen LogP contribution is 2.24. The molecule has 0 saturated heterocycles. The van der Waals surface area contributed by atoms with Crippen LogP contribution in [0.3, 0.4) is 0 Å². The maximum Gasteiger partial charge on any atom is 0.225 e. The van der Waals surface area contributed by atoms with Crippen LogP contribution in [0.4, 0.5) is 0 Å². The Labute approximate surface area is 137 Å². The Balaban J connectivity index is 1.59. The molecule has 1 amide bonds. The van der Waals surface area contributed by atoms with Gasteiger partial charge >= 0.3 is 0 Å². The van der Waals surface area contributed by atoms with Crippen molar-refractivity contribution < 1.29 is 14.1 Å². The number of nitrogens with one attached hydrogen (secondary N) is 1. The first-order valence-electron chi connectivity index (χ1n) is 7.13. The van der Waals surface area contributed by atoms with Crippen LogP contribution in [0.15, 0.2) is 52.4 Å². The van der Waals surface area contributed by atoms with Gasteiger partial charge in [0, 0.05) is 16.5 Å². The van der Waals surface area contributed by atoms with Crippen LogP contribution in [0, 0.1) is 0 Å². The van der Waals surface area contributed by atoms with Gasteiger partial charge < -0.3 is 14.6 Å². The minimum atomic E-state index is -0.0293. The second kappa shape index (κ2) is 7.11. The van der Waals surface area contributed by atoms with E-state index in [1.54, 1.807) is 18.4 Å². The Morgan fingerprint density at radius 3 is 3.00 bits per heavy atom. The summed E-state index contributed by atoms with van der Waals surface area (Å²) in [7, 11) is 1.62. The minimum absolute atomic E-state index is 0.0293. The molecule has 0 atom stereocenters. The van der Waals surface area contributed by atoms with Crippen molar-refractivity contribution in [3.63, 3.8) is 0 Å². The molecule has 0 aliphatic rings. The quantitative estimate of drug-likeness (QED) is 0.754. The van der Waals surface area contributed by atoms with Crippen LogP contribution < -0.4 is 10.1 Å². The number of carbonyl (C=O) groups is 1. The molecular weight excluding hydrogens is 312 g/mol. The van der Waals surface area contributed by atoms with E-state index >= 15 is 0 Å². The molecule has 1 N–H and O–H groups in total. The zero-order chi connectivity index (χ0) is 16.1. The molecule has 6 heteroatoms. The number of rotatable bonds is 6. The van der Waals surface area contributed by atoms with Gasteiger partial charge in [-0.2, -0.15) is 0 Å². The lowest BCUT2D eigenvalue weighted by atomic mass is 10.1. The first-order chi connectivity index (χ1) is 11.2. The molecule has 0 radical (unpaired) electrons. The highest BCUT2D eigenvalue weighted by Gasteiger charge is 2.09. The molecule has 5 nitrogen and oxygen atoms in total. The molecule has 0 fully saturated rings. The molecule has 1 aromatic carbocycles. The lowest BCUT2D eigenvalue weighted by Gasteiger charge is -2.01. The predicted octanol–water partition coefficient (Wildman–Crippen LogP) is 3.27. The van der Waals surface area contributed by atoms with Gasteiger partial charge in [-0.05, 0) is 23.6 Å². The van der Waals surface area contributed by atoms with Crippen molar-refractivity contribution in [2.75, 3.05) is 7.11 Å². The molecule has 3 rings (SSSR count). The van der Waals surface area contributed by atoms with Crippen molar-refractivity contribution in [1.29, 1.82) is 0 Å². The molecule has 2 aromatic heterocycles. The van der Waals surface area contributed by atoms with E-state index in [4.69, 9.17) is 9.26 Å². The number of benzene rings is 1. The molecule has 3 aromatic rings. The summed E-state index contributed by atoms with van der Waals surface area (Å²) in [6, 6.07) is 13.2. The van der Waals surface area contributed by atoms with Crippen molar-refractivity contribution in [3.8, 4) is 17.1 Å². The number of hydrogen-bond acceptors (Lipinski definition) is 5. The van der Waals surface area contributed by atoms with Crippen molar-refractivity contribution in [2.45, 2.75) is 13.0 Å². The van der Waals surface area contributed by atoms with Crippen LogP contribution >= 0.6 is 11.3 Å². The fourth-order valence-electron chi connectivity index (χ4n) is 2.13. The van der Waals surface area contributed by atoms with Crippen LogP contribution in [0.5, 0.6) is 5.75 Å². The van der Waals surface area contributed by atoms with Crippen LogP contribution in [0.1, 0.15) is 10.6 Å². The topological polar surface area (TPSA) is 64.4 Å². The standard InChI is InChI=1S/C17H16N2O3S/c1-21-14-5-2-4-12(8-14)16-9-13(19-22-16)11-18-17(20)10-15-6-3-7-23-15/h2-9H,10-11H2,1H3,(H,18,20). The summed E-state index contributed by atoms with van der Waals surface area (Å²) in [5, 5.41) is 8.79. The molecule has 0 unspecified atom stereocenters. The third-order valence-corrected chi connectivity index (χ3v) is 4.17. The molecule has 2 heterocycles. The number of aromatic nitrogens is 1. The Bertz CT molecular complexity index is 781. The largest absolute Gasteiger partial charge is 0.497 e. The van der Waals surface area contributed by atoms with Gasteiger partial charge in [0.2, 0.25) is 5.91 Å². The summed E-state index contributed by atoms with van der Waals surface area (Å²) in [4.78, 5) is 12.9. The van der Waals surface area contributed by atoms with E-state index in [9.17, 15) is 4.79 Å². The smallest absolute Gasteiger partial charge is 0.225 e. The molecular formula is C17H16N2O3S. The van der Waals surface area contributed by atoms with E-state index in [0.29, 0.717) is 24.4 Å². The van der Waals surface area contributed by atoms with Crippen molar-refractivity contribution in [3.05, 3.63) is 58.4 Å². The highest BCUT2D eigenvalue weighted by atomic mass is 32.1. The average Bonchev–Trinajstić information content (AvgIpc) is 3.24. The number of carbonyl (C=O) groups excluding carboxylic acids is 1. The lowest BCUT2D eigenvalue weighted by molar-refractivity contribution is -0.120. The second-order valence-corrected chi connectivity index (χ2v) is 5.98. The van der Waals surface area contributed by atoms with E-state index in [1.807, 2.05) is 47.8 Å². The second-order valence-electron chi connectivity index (χ2n) is 4.95. The van der Waals surface area contributed by atoms with Gasteiger partial charge in [0.25, 0.3) is 0 Å². The van der Waals surface area contributed by atoms with E-state index < -0.39 is 0 Å². The van der Waals surface area contributed by atoms with Gasteiger partial charge in [-0.3, -0.25) is 4.79 Å². The number of hydrogen-bond donors (Lipinski definition) is 1. The van der Waals surface area contributed by atoms with E-state index in [-0.39, 0.29) is 5.91 Å². The maximum atomic E-state index is 11.9. The Kier molecular flexibility index (Phi) is 4.73. The van der Waals surface area contributed by atoms with Gasteiger partial charge in [0.1, 0.15) is 11.4 Å². The lowest BCUT2D eigenvalue weighted by Crippen LogP contribution is -2.24. The summed E-state index contributed by atoms with van der Waals surface area (Å²) in [6.45, 7) is 0.345. The third-order valence-electron chi connectivity index (χ3n) is 3.29. The first kappa shape index (κ1) is 15.3. The number of thiophene rings is 1. The highest BCUT2D eigenvalue weighted by molar-refractivity contribution is 7.10. The third kappa shape index (κ3) is 3.98. The zero-order valence-electron chi connectivity index (χ0n) is 12.6. The average molecular weight is 328 g/mol. The summed E-state index contributed by atoms with van der Waals surface area (Å²) >= 11 is 1.57. The number of ether oxygens (including phenoxy) is 1. The Morgan fingerprint density at radius 2 is 2.22 bits per heavy atom. The van der Waals surface area contributed by atoms with Crippen molar-refractivity contribution >= 4 is 17.2 Å². The minimum Gasteiger partial charge on any atom is -0.497 e. The van der Waals surface area contributed by atoms with Crippen LogP contribution in [-0.2, 0) is 17.8 Å². The van der Waals surface area contributed by atoms with Crippen LogP contribution in [0.25, 0.3) is 11.3 Å². The van der Waals surface area contributed by atoms with Crippen molar-refractivity contribution in [1.82, 2.24) is 10.5 Å². The molecule has 23 heavy (non-hydrogen) atoms. The monoisotopic (exact) mass is 328 g/mol. The maximum absolute atomic E-state index is 11.9. The summed E-state index contributed by atoms with van der Waals surface area (Å²) in [6.07, 6.45) is 0.387. The van der Waals surface area contributed by atoms with Gasteiger partial charge in [-0.1, -0.05) is 23.4 Å². The van der Waals surface area contributed by atoms with Gasteiger partial charge in [-0.15, -0.1) is 11.3 Å². The van der Waals surface area contributed by atoms with Crippen molar-refractivity contribution in [2.24, 2.45) is 0 Å². The summed E-state index contributed by atoms with van der Waals surface area (Å²) in [5.41, 5.74) is 1.57. The molecule has 0 bridgehead atoms. The predicted molar refractivity (Wildman–Crippen MR) is 88.4 cm³/mol.